The van der Waals surface area contributed by atoms with Crippen molar-refractivity contribution in [2.75, 3.05) is 14.2 Å². The highest BCUT2D eigenvalue weighted by molar-refractivity contribution is 5.97. The molecule has 0 saturated heterocycles. The van der Waals surface area contributed by atoms with E-state index in [1.807, 2.05) is 0 Å². The Morgan fingerprint density at radius 2 is 1.69 bits per heavy atom. The van der Waals surface area contributed by atoms with E-state index >= 15 is 0 Å². The minimum absolute atomic E-state index is 0.269. The largest absolute Gasteiger partial charge is 0.497 e. The van der Waals surface area contributed by atoms with Gasteiger partial charge in [-0.3, -0.25) is 4.79 Å². The summed E-state index contributed by atoms with van der Waals surface area (Å²) in [4.78, 5) is 12.8. The number of carbonyl (C=O) groups excluding carboxylic acids is 1. The molecule has 3 aromatic carbocycles. The van der Waals surface area contributed by atoms with Gasteiger partial charge in [-0.05, 0) is 42.3 Å². The lowest BCUT2D eigenvalue weighted by atomic mass is 9.95. The fraction of sp³-hybridized carbons (Fsp3) is 0.174. The first kappa shape index (κ1) is 20.3. The summed E-state index contributed by atoms with van der Waals surface area (Å²) >= 11 is 0. The van der Waals surface area contributed by atoms with E-state index in [1.165, 1.54) is 26.4 Å². The molecular formula is C23H21F2NO3. The fourth-order valence-electron chi connectivity index (χ4n) is 3.17. The first-order chi connectivity index (χ1) is 13.9. The molecule has 4 nitrogen and oxygen atoms in total. The van der Waals surface area contributed by atoms with Crippen molar-refractivity contribution in [2.24, 2.45) is 0 Å². The molecule has 1 unspecified atom stereocenters. The van der Waals surface area contributed by atoms with Crippen molar-refractivity contribution in [3.63, 3.8) is 0 Å². The predicted molar refractivity (Wildman–Crippen MR) is 107 cm³/mol. The third kappa shape index (κ3) is 4.37. The summed E-state index contributed by atoms with van der Waals surface area (Å²) in [6.45, 7) is 1.80. The minimum Gasteiger partial charge on any atom is -0.497 e. The van der Waals surface area contributed by atoms with E-state index in [-0.39, 0.29) is 11.5 Å². The Hall–Kier alpha value is -3.41. The average molecular weight is 397 g/mol. The Morgan fingerprint density at radius 3 is 2.38 bits per heavy atom. The number of benzene rings is 3. The third-order valence-electron chi connectivity index (χ3n) is 4.65. The van der Waals surface area contributed by atoms with Crippen LogP contribution in [0.5, 0.6) is 11.5 Å². The molecule has 0 aliphatic heterocycles. The zero-order valence-corrected chi connectivity index (χ0v) is 16.3. The van der Waals surface area contributed by atoms with E-state index in [9.17, 15) is 13.6 Å². The van der Waals surface area contributed by atoms with Gasteiger partial charge >= 0.3 is 0 Å². The zero-order chi connectivity index (χ0) is 21.0. The molecule has 3 aromatic rings. The highest BCUT2D eigenvalue weighted by atomic mass is 19.1. The van der Waals surface area contributed by atoms with Gasteiger partial charge in [0.2, 0.25) is 0 Å². The lowest BCUT2D eigenvalue weighted by Crippen LogP contribution is -2.27. The number of halogens is 2. The number of hydrogen-bond donors (Lipinski definition) is 1. The van der Waals surface area contributed by atoms with Gasteiger partial charge in [-0.25, -0.2) is 8.78 Å². The maximum absolute atomic E-state index is 14.3. The molecule has 0 radical (unpaired) electrons. The number of methoxy groups -OCH3 is 2. The summed E-state index contributed by atoms with van der Waals surface area (Å²) in [5, 5.41) is 2.91. The van der Waals surface area contributed by atoms with Crippen molar-refractivity contribution in [3.8, 4) is 22.6 Å². The summed E-state index contributed by atoms with van der Waals surface area (Å²) in [6, 6.07) is 15.0. The van der Waals surface area contributed by atoms with Crippen molar-refractivity contribution < 1.29 is 23.0 Å². The van der Waals surface area contributed by atoms with E-state index in [2.05, 4.69) is 5.32 Å². The lowest BCUT2D eigenvalue weighted by molar-refractivity contribution is 0.0937. The topological polar surface area (TPSA) is 47.6 Å². The molecule has 150 valence electrons. The summed E-state index contributed by atoms with van der Waals surface area (Å²) in [6.07, 6.45) is 0. The number of nitrogens with one attached hydrogen (secondary N) is 1. The highest BCUT2D eigenvalue weighted by Gasteiger charge is 2.19. The minimum atomic E-state index is -0.659. The molecule has 0 aliphatic carbocycles. The molecule has 6 heteroatoms. The van der Waals surface area contributed by atoms with Gasteiger partial charge in [0.25, 0.3) is 5.91 Å². The summed E-state index contributed by atoms with van der Waals surface area (Å²) in [5.74, 6) is -0.689. The van der Waals surface area contributed by atoms with Crippen LogP contribution in [0.1, 0.15) is 28.9 Å². The van der Waals surface area contributed by atoms with Crippen LogP contribution < -0.4 is 14.8 Å². The van der Waals surface area contributed by atoms with Crippen LogP contribution in [-0.2, 0) is 0 Å². The summed E-state index contributed by atoms with van der Waals surface area (Å²) < 4.78 is 38.1. The quantitative estimate of drug-likeness (QED) is 0.627. The van der Waals surface area contributed by atoms with E-state index in [0.717, 1.165) is 6.07 Å². The normalized spacial score (nSPS) is 11.6. The van der Waals surface area contributed by atoms with Crippen LogP contribution in [0.4, 0.5) is 8.78 Å². The molecule has 1 N–H and O–H groups in total. The Labute approximate surface area is 168 Å². The maximum Gasteiger partial charge on any atom is 0.255 e. The van der Waals surface area contributed by atoms with Gasteiger partial charge in [-0.15, -0.1) is 0 Å². The summed E-state index contributed by atoms with van der Waals surface area (Å²) in [7, 11) is 3.00. The number of rotatable bonds is 6. The van der Waals surface area contributed by atoms with Crippen LogP contribution in [0.2, 0.25) is 0 Å². The average Bonchev–Trinajstić information content (AvgIpc) is 2.73. The van der Waals surface area contributed by atoms with Crippen LogP contribution in [0.15, 0.2) is 60.7 Å². The smallest absolute Gasteiger partial charge is 0.255 e. The third-order valence-corrected chi connectivity index (χ3v) is 4.65. The number of hydrogen-bond acceptors (Lipinski definition) is 3. The van der Waals surface area contributed by atoms with Crippen LogP contribution in [0, 0.1) is 11.6 Å². The molecule has 0 heterocycles. The van der Waals surface area contributed by atoms with E-state index in [0.29, 0.717) is 28.2 Å². The molecule has 0 spiro atoms. The van der Waals surface area contributed by atoms with Crippen LogP contribution in [0.3, 0.4) is 0 Å². The van der Waals surface area contributed by atoms with Gasteiger partial charge in [0.05, 0.1) is 25.8 Å². The van der Waals surface area contributed by atoms with Crippen molar-refractivity contribution >= 4 is 5.91 Å². The molecule has 0 bridgehead atoms. The van der Waals surface area contributed by atoms with Crippen molar-refractivity contribution in [2.45, 2.75) is 13.0 Å². The molecule has 1 atom stereocenters. The zero-order valence-electron chi connectivity index (χ0n) is 16.3. The Bertz CT molecular complexity index is 1040. The van der Waals surface area contributed by atoms with Crippen LogP contribution >= 0.6 is 0 Å². The first-order valence-electron chi connectivity index (χ1n) is 9.01. The second kappa shape index (κ2) is 8.73. The van der Waals surface area contributed by atoms with Gasteiger partial charge in [0, 0.05) is 17.7 Å². The molecule has 3 rings (SSSR count). The van der Waals surface area contributed by atoms with E-state index in [4.69, 9.17) is 9.47 Å². The molecule has 0 aliphatic rings. The predicted octanol–water partition coefficient (Wildman–Crippen LogP) is 5.14. The fourth-order valence-corrected chi connectivity index (χ4v) is 3.17. The van der Waals surface area contributed by atoms with Crippen LogP contribution in [0.25, 0.3) is 11.1 Å². The molecular weight excluding hydrogens is 376 g/mol. The van der Waals surface area contributed by atoms with Gasteiger partial charge in [-0.2, -0.15) is 0 Å². The highest BCUT2D eigenvalue weighted by Crippen LogP contribution is 2.31. The Balaban J connectivity index is 1.90. The molecule has 0 fully saturated rings. The van der Waals surface area contributed by atoms with Gasteiger partial charge in [-0.1, -0.05) is 24.3 Å². The molecule has 0 aromatic heterocycles. The molecule has 1 amide bonds. The lowest BCUT2D eigenvalue weighted by Gasteiger charge is -2.19. The standard InChI is InChI=1S/C23H21F2NO3/c1-14(26-23(27)20-11-9-16(28-2)13-22(20)29-3)17-6-4-5-7-18(17)19-10-8-15(24)12-21(19)25/h4-14H,1-3H3,(H,26,27). The van der Waals surface area contributed by atoms with Crippen molar-refractivity contribution in [3.05, 3.63) is 83.4 Å². The second-order valence-electron chi connectivity index (χ2n) is 6.47. The SMILES string of the molecule is COc1ccc(C(=O)NC(C)c2ccccc2-c2ccc(F)cc2F)c(OC)c1. The van der Waals surface area contributed by atoms with E-state index in [1.54, 1.807) is 49.4 Å². The van der Waals surface area contributed by atoms with Crippen molar-refractivity contribution in [1.82, 2.24) is 5.32 Å². The monoisotopic (exact) mass is 397 g/mol. The molecule has 0 saturated carbocycles. The Morgan fingerprint density at radius 1 is 0.931 bits per heavy atom. The van der Waals surface area contributed by atoms with E-state index < -0.39 is 17.7 Å². The number of amides is 1. The second-order valence-corrected chi connectivity index (χ2v) is 6.47. The van der Waals surface area contributed by atoms with Gasteiger partial charge < -0.3 is 14.8 Å². The first-order valence-corrected chi connectivity index (χ1v) is 9.01. The number of ether oxygens (including phenoxy) is 2. The van der Waals surface area contributed by atoms with Crippen LogP contribution in [-0.4, -0.2) is 20.1 Å². The van der Waals surface area contributed by atoms with Crippen molar-refractivity contribution in [1.29, 1.82) is 0 Å². The van der Waals surface area contributed by atoms with Gasteiger partial charge in [0.1, 0.15) is 23.1 Å². The maximum atomic E-state index is 14.3. The van der Waals surface area contributed by atoms with Gasteiger partial charge in [0.15, 0.2) is 0 Å². The number of carbonyl (C=O) groups is 1. The summed E-state index contributed by atoms with van der Waals surface area (Å²) in [5.41, 5.74) is 1.91. The Kier molecular flexibility index (Phi) is 6.12. The molecule has 29 heavy (non-hydrogen) atoms.